The molecule has 1 heterocycles. The van der Waals surface area contributed by atoms with E-state index in [9.17, 15) is 17.6 Å². The van der Waals surface area contributed by atoms with Gasteiger partial charge >= 0.3 is 0 Å². The van der Waals surface area contributed by atoms with Crippen LogP contribution in [-0.2, 0) is 16.6 Å². The van der Waals surface area contributed by atoms with Crippen LogP contribution in [0.2, 0.25) is 0 Å². The lowest BCUT2D eigenvalue weighted by atomic mass is 10.3. The number of furan rings is 1. The zero-order valence-corrected chi connectivity index (χ0v) is 11.8. The van der Waals surface area contributed by atoms with E-state index < -0.39 is 15.9 Å². The second kappa shape index (κ2) is 5.96. The highest BCUT2D eigenvalue weighted by Crippen LogP contribution is 2.15. The van der Waals surface area contributed by atoms with Crippen LogP contribution in [0.5, 0.6) is 5.75 Å². The maximum absolute atomic E-state index is 12.7. The summed E-state index contributed by atoms with van der Waals surface area (Å²) in [6, 6.07) is 8.24. The minimum Gasteiger partial charge on any atom is -0.486 e. The molecule has 0 spiro atoms. The first-order valence-electron chi connectivity index (χ1n) is 5.83. The van der Waals surface area contributed by atoms with E-state index in [2.05, 4.69) is 0 Å². The van der Waals surface area contributed by atoms with Gasteiger partial charge in [0.05, 0.1) is 6.26 Å². The molecule has 0 bridgehead atoms. The average Bonchev–Trinajstić information content (AvgIpc) is 2.85. The number of halogens is 1. The molecule has 8 heteroatoms. The van der Waals surface area contributed by atoms with Gasteiger partial charge in [0.25, 0.3) is 5.91 Å². The van der Waals surface area contributed by atoms with Crippen molar-refractivity contribution in [1.29, 1.82) is 0 Å². The van der Waals surface area contributed by atoms with E-state index >= 15 is 0 Å². The summed E-state index contributed by atoms with van der Waals surface area (Å²) in [4.78, 5) is 11.5. The summed E-state index contributed by atoms with van der Waals surface area (Å²) in [5.41, 5.74) is 0. The summed E-state index contributed by atoms with van der Waals surface area (Å²) in [6.07, 6.45) is 0.867. The Bertz CT molecular complexity index is 736. The zero-order valence-electron chi connectivity index (χ0n) is 11.0. The smallest absolute Gasteiger partial charge is 0.300 e. The fourth-order valence-corrected chi connectivity index (χ4v) is 1.92. The van der Waals surface area contributed by atoms with Crippen LogP contribution < -0.4 is 9.46 Å². The van der Waals surface area contributed by atoms with Gasteiger partial charge in [-0.3, -0.25) is 4.79 Å². The first-order valence-corrected chi connectivity index (χ1v) is 7.72. The molecule has 0 fully saturated rings. The van der Waals surface area contributed by atoms with Gasteiger partial charge in [0.2, 0.25) is 10.0 Å². The Kier molecular flexibility index (Phi) is 4.27. The third kappa shape index (κ3) is 4.60. The number of ether oxygens (including phenoxy) is 1. The maximum Gasteiger partial charge on any atom is 0.300 e. The Hall–Kier alpha value is -2.35. The van der Waals surface area contributed by atoms with Crippen LogP contribution in [0.1, 0.15) is 16.3 Å². The van der Waals surface area contributed by atoms with Gasteiger partial charge in [-0.2, -0.15) is 0 Å². The van der Waals surface area contributed by atoms with Crippen LogP contribution in [0.3, 0.4) is 0 Å². The maximum atomic E-state index is 12.7. The molecule has 0 aliphatic carbocycles. The summed E-state index contributed by atoms with van der Waals surface area (Å²) in [6.45, 7) is 0.0256. The molecule has 0 saturated carbocycles. The number of rotatable bonds is 5. The van der Waals surface area contributed by atoms with Crippen molar-refractivity contribution in [3.05, 3.63) is 53.7 Å². The molecule has 112 valence electrons. The van der Waals surface area contributed by atoms with E-state index in [-0.39, 0.29) is 18.2 Å². The first-order chi connectivity index (χ1) is 9.83. The van der Waals surface area contributed by atoms with Gasteiger partial charge < -0.3 is 9.15 Å². The summed E-state index contributed by atoms with van der Waals surface area (Å²) in [7, 11) is -3.65. The summed E-state index contributed by atoms with van der Waals surface area (Å²) >= 11 is 0. The fourth-order valence-electron chi connectivity index (χ4n) is 1.48. The number of sulfonamides is 1. The minimum atomic E-state index is -3.65. The first kappa shape index (κ1) is 15.0. The predicted octanol–water partition coefficient (Wildman–Crippen LogP) is 1.69. The van der Waals surface area contributed by atoms with Crippen LogP contribution >= 0.6 is 0 Å². The molecule has 1 amide bonds. The highest BCUT2D eigenvalue weighted by molar-refractivity contribution is 7.89. The molecule has 2 rings (SSSR count). The van der Waals surface area contributed by atoms with E-state index in [4.69, 9.17) is 9.15 Å². The van der Waals surface area contributed by atoms with Crippen molar-refractivity contribution in [1.82, 2.24) is 4.72 Å². The Morgan fingerprint density at radius 3 is 2.52 bits per heavy atom. The molecule has 0 atom stereocenters. The monoisotopic (exact) mass is 313 g/mol. The van der Waals surface area contributed by atoms with Gasteiger partial charge in [0.15, 0.2) is 5.76 Å². The molecule has 0 radical (unpaired) electrons. The van der Waals surface area contributed by atoms with Crippen LogP contribution in [-0.4, -0.2) is 20.6 Å². The Balaban J connectivity index is 1.97. The van der Waals surface area contributed by atoms with Crippen molar-refractivity contribution in [3.8, 4) is 5.75 Å². The Labute approximate surface area is 120 Å². The van der Waals surface area contributed by atoms with Crippen molar-refractivity contribution < 1.29 is 26.8 Å². The number of benzene rings is 1. The Morgan fingerprint density at radius 1 is 1.24 bits per heavy atom. The van der Waals surface area contributed by atoms with Gasteiger partial charge in [0, 0.05) is 0 Å². The quantitative estimate of drug-likeness (QED) is 0.908. The molecule has 0 aliphatic rings. The Morgan fingerprint density at radius 2 is 1.90 bits per heavy atom. The standard InChI is InChI=1S/C13H12FNO5S/c1-21(17,18)15-13(16)12-7-6-11(20-12)8-19-10-4-2-9(14)3-5-10/h2-7H,8H2,1H3,(H,15,16). The van der Waals surface area contributed by atoms with Crippen LogP contribution in [0.4, 0.5) is 4.39 Å². The van der Waals surface area contributed by atoms with E-state index in [0.717, 1.165) is 6.26 Å². The highest BCUT2D eigenvalue weighted by Gasteiger charge is 2.15. The largest absolute Gasteiger partial charge is 0.486 e. The lowest BCUT2D eigenvalue weighted by Crippen LogP contribution is -2.28. The molecule has 6 nitrogen and oxygen atoms in total. The molecule has 0 saturated heterocycles. The zero-order chi connectivity index (χ0) is 15.5. The molecular formula is C13H12FNO5S. The number of nitrogens with one attached hydrogen (secondary N) is 1. The number of carbonyl (C=O) groups is 1. The van der Waals surface area contributed by atoms with Crippen molar-refractivity contribution in [2.75, 3.05) is 6.26 Å². The second-order valence-electron chi connectivity index (χ2n) is 4.21. The minimum absolute atomic E-state index is 0.0256. The van der Waals surface area contributed by atoms with E-state index in [1.165, 1.54) is 36.4 Å². The molecule has 1 aromatic carbocycles. The van der Waals surface area contributed by atoms with Crippen molar-refractivity contribution in [3.63, 3.8) is 0 Å². The topological polar surface area (TPSA) is 85.6 Å². The third-order valence-corrected chi connectivity index (χ3v) is 2.91. The number of carbonyl (C=O) groups excluding carboxylic acids is 1. The normalized spacial score (nSPS) is 11.1. The average molecular weight is 313 g/mol. The van der Waals surface area contributed by atoms with E-state index in [1.807, 2.05) is 0 Å². The molecule has 0 aliphatic heterocycles. The molecule has 1 aromatic heterocycles. The predicted molar refractivity (Wildman–Crippen MR) is 71.8 cm³/mol. The van der Waals surface area contributed by atoms with Gasteiger partial charge in [-0.05, 0) is 36.4 Å². The lowest BCUT2D eigenvalue weighted by Gasteiger charge is -2.03. The second-order valence-corrected chi connectivity index (χ2v) is 5.96. The van der Waals surface area contributed by atoms with Gasteiger partial charge in [0.1, 0.15) is 23.9 Å². The molecule has 2 aromatic rings. The van der Waals surface area contributed by atoms with Crippen molar-refractivity contribution in [2.24, 2.45) is 0 Å². The molecule has 1 N–H and O–H groups in total. The van der Waals surface area contributed by atoms with Crippen molar-refractivity contribution >= 4 is 15.9 Å². The van der Waals surface area contributed by atoms with Gasteiger partial charge in [-0.25, -0.2) is 17.5 Å². The van der Waals surface area contributed by atoms with Crippen LogP contribution in [0.15, 0.2) is 40.8 Å². The highest BCUT2D eigenvalue weighted by atomic mass is 32.2. The van der Waals surface area contributed by atoms with E-state index in [1.54, 1.807) is 4.72 Å². The third-order valence-electron chi connectivity index (χ3n) is 2.36. The van der Waals surface area contributed by atoms with Crippen LogP contribution in [0, 0.1) is 5.82 Å². The summed E-state index contributed by atoms with van der Waals surface area (Å²) in [5, 5.41) is 0. The molecular weight excluding hydrogens is 301 g/mol. The molecule has 21 heavy (non-hydrogen) atoms. The fraction of sp³-hybridized carbons (Fsp3) is 0.154. The summed E-state index contributed by atoms with van der Waals surface area (Å²) in [5.74, 6) is -0.600. The molecule has 0 unspecified atom stereocenters. The van der Waals surface area contributed by atoms with Crippen LogP contribution in [0.25, 0.3) is 0 Å². The van der Waals surface area contributed by atoms with Gasteiger partial charge in [-0.15, -0.1) is 0 Å². The summed E-state index contributed by atoms with van der Waals surface area (Å²) < 4.78 is 46.8. The SMILES string of the molecule is CS(=O)(=O)NC(=O)c1ccc(COc2ccc(F)cc2)o1. The number of amides is 1. The number of hydrogen-bond acceptors (Lipinski definition) is 5. The van der Waals surface area contributed by atoms with Crippen molar-refractivity contribution in [2.45, 2.75) is 6.61 Å². The lowest BCUT2D eigenvalue weighted by molar-refractivity contribution is 0.0950. The number of hydrogen-bond donors (Lipinski definition) is 1. The van der Waals surface area contributed by atoms with Gasteiger partial charge in [-0.1, -0.05) is 0 Å². The van der Waals surface area contributed by atoms with E-state index in [0.29, 0.717) is 11.5 Å².